The van der Waals surface area contributed by atoms with Gasteiger partial charge in [-0.2, -0.15) is 5.10 Å². The molecule has 0 amide bonds. The molecule has 5 heteroatoms. The number of ether oxygens (including phenoxy) is 1. The molecule has 31 heavy (non-hydrogen) atoms. The van der Waals surface area contributed by atoms with E-state index in [9.17, 15) is 4.79 Å². The molecule has 5 rings (SSSR count). The van der Waals surface area contributed by atoms with Crippen molar-refractivity contribution in [3.05, 3.63) is 102 Å². The van der Waals surface area contributed by atoms with Gasteiger partial charge >= 0.3 is 0 Å². The van der Waals surface area contributed by atoms with Crippen molar-refractivity contribution in [2.24, 2.45) is 0 Å². The third-order valence-corrected chi connectivity index (χ3v) is 5.27. The summed E-state index contributed by atoms with van der Waals surface area (Å²) in [5, 5.41) is 8.43. The Hall–Kier alpha value is -4.25. The number of aromatic nitrogens is 3. The lowest BCUT2D eigenvalue weighted by molar-refractivity contribution is 0.103. The molecule has 0 saturated carbocycles. The largest absolute Gasteiger partial charge is 0.497 e. The highest BCUT2D eigenvalue weighted by Crippen LogP contribution is 2.29. The molecule has 0 aliphatic heterocycles. The van der Waals surface area contributed by atoms with Crippen LogP contribution in [0.1, 0.15) is 15.9 Å². The number of aromatic amines is 1. The normalized spacial score (nSPS) is 10.9. The number of nitrogens with one attached hydrogen (secondary N) is 1. The number of H-pyrrole nitrogens is 1. The number of carbonyl (C=O) groups is 1. The third-order valence-electron chi connectivity index (χ3n) is 5.27. The van der Waals surface area contributed by atoms with Gasteiger partial charge in [-0.3, -0.25) is 9.89 Å². The zero-order valence-electron chi connectivity index (χ0n) is 16.9. The van der Waals surface area contributed by atoms with Crippen LogP contribution in [0.25, 0.3) is 33.5 Å². The van der Waals surface area contributed by atoms with E-state index in [0.29, 0.717) is 16.8 Å². The molecule has 3 aromatic carbocycles. The number of nitrogens with zero attached hydrogens (tertiary/aromatic N) is 2. The highest BCUT2D eigenvalue weighted by atomic mass is 16.5. The maximum atomic E-state index is 12.6. The summed E-state index contributed by atoms with van der Waals surface area (Å²) >= 11 is 0. The fourth-order valence-electron chi connectivity index (χ4n) is 3.58. The van der Waals surface area contributed by atoms with Crippen LogP contribution in [-0.4, -0.2) is 28.1 Å². The number of fused-ring (bicyclic) bond motifs is 1. The summed E-state index contributed by atoms with van der Waals surface area (Å²) in [5.74, 6) is 0.812. The van der Waals surface area contributed by atoms with Gasteiger partial charge in [0.2, 0.25) is 0 Å². The lowest BCUT2D eigenvalue weighted by Crippen LogP contribution is -2.00. The second kappa shape index (κ2) is 7.88. The first-order valence-corrected chi connectivity index (χ1v) is 9.93. The molecule has 0 atom stereocenters. The van der Waals surface area contributed by atoms with E-state index in [1.807, 2.05) is 91.0 Å². The van der Waals surface area contributed by atoms with E-state index in [-0.39, 0.29) is 5.78 Å². The van der Waals surface area contributed by atoms with Gasteiger partial charge in [-0.05, 0) is 36.4 Å². The summed E-state index contributed by atoms with van der Waals surface area (Å²) in [4.78, 5) is 17.3. The number of rotatable bonds is 5. The maximum Gasteiger partial charge on any atom is 0.193 e. The molecular formula is C26H19N3O2. The van der Waals surface area contributed by atoms with Crippen molar-refractivity contribution in [3.8, 4) is 28.3 Å². The second-order valence-electron chi connectivity index (χ2n) is 7.17. The van der Waals surface area contributed by atoms with Gasteiger partial charge in [-0.1, -0.05) is 54.6 Å². The Labute approximate surface area is 179 Å². The Kier molecular flexibility index (Phi) is 4.77. The van der Waals surface area contributed by atoms with E-state index in [4.69, 9.17) is 9.72 Å². The van der Waals surface area contributed by atoms with Crippen LogP contribution in [0, 0.1) is 0 Å². The van der Waals surface area contributed by atoms with Gasteiger partial charge in [-0.15, -0.1) is 0 Å². The van der Waals surface area contributed by atoms with E-state index < -0.39 is 0 Å². The summed E-state index contributed by atoms with van der Waals surface area (Å²) in [5.41, 5.74) is 5.64. The Bertz CT molecular complexity index is 1360. The molecule has 0 unspecified atom stereocenters. The van der Waals surface area contributed by atoms with Crippen molar-refractivity contribution in [1.82, 2.24) is 15.2 Å². The van der Waals surface area contributed by atoms with Crippen LogP contribution in [-0.2, 0) is 0 Å². The molecule has 0 saturated heterocycles. The van der Waals surface area contributed by atoms with Gasteiger partial charge in [0.15, 0.2) is 11.4 Å². The second-order valence-corrected chi connectivity index (χ2v) is 7.17. The average molecular weight is 405 g/mol. The van der Waals surface area contributed by atoms with Gasteiger partial charge in [0.1, 0.15) is 11.4 Å². The quantitative estimate of drug-likeness (QED) is 0.390. The summed E-state index contributed by atoms with van der Waals surface area (Å²) in [7, 11) is 1.65. The van der Waals surface area contributed by atoms with Crippen LogP contribution in [0.5, 0.6) is 5.75 Å². The summed E-state index contributed by atoms with van der Waals surface area (Å²) in [6.45, 7) is 0. The zero-order valence-corrected chi connectivity index (χ0v) is 16.9. The molecule has 5 aromatic rings. The first-order valence-electron chi connectivity index (χ1n) is 9.93. The minimum absolute atomic E-state index is 0.00765. The molecule has 0 fully saturated rings. The van der Waals surface area contributed by atoms with E-state index in [1.54, 1.807) is 7.11 Å². The molecule has 0 aliphatic rings. The van der Waals surface area contributed by atoms with E-state index in [1.165, 1.54) is 0 Å². The molecular weight excluding hydrogens is 386 g/mol. The van der Waals surface area contributed by atoms with Crippen LogP contribution < -0.4 is 4.74 Å². The molecule has 0 spiro atoms. The molecule has 2 heterocycles. The van der Waals surface area contributed by atoms with Crippen molar-refractivity contribution in [1.29, 1.82) is 0 Å². The van der Waals surface area contributed by atoms with Crippen LogP contribution >= 0.6 is 0 Å². The van der Waals surface area contributed by atoms with E-state index in [0.717, 1.165) is 33.7 Å². The smallest absolute Gasteiger partial charge is 0.193 e. The highest BCUT2D eigenvalue weighted by molar-refractivity contribution is 6.09. The zero-order chi connectivity index (χ0) is 21.2. The van der Waals surface area contributed by atoms with Crippen LogP contribution in [0.4, 0.5) is 0 Å². The lowest BCUT2D eigenvalue weighted by Gasteiger charge is -2.05. The SMILES string of the molecule is COc1ccc(-c2n[nH]c3nc(-c4ccc(C(=O)c5ccccc5)cc4)ccc23)cc1. The number of ketones is 1. The molecule has 5 nitrogen and oxygen atoms in total. The Morgan fingerprint density at radius 3 is 2.16 bits per heavy atom. The summed E-state index contributed by atoms with van der Waals surface area (Å²) in [6, 6.07) is 28.6. The number of methoxy groups -OCH3 is 1. The Morgan fingerprint density at radius 1 is 0.774 bits per heavy atom. The van der Waals surface area contributed by atoms with Crippen LogP contribution in [0.2, 0.25) is 0 Å². The Morgan fingerprint density at radius 2 is 1.45 bits per heavy atom. The average Bonchev–Trinajstić information content (AvgIpc) is 3.27. The molecule has 0 bridgehead atoms. The molecule has 0 radical (unpaired) electrons. The predicted molar refractivity (Wildman–Crippen MR) is 121 cm³/mol. The first kappa shape index (κ1) is 18.8. The summed E-state index contributed by atoms with van der Waals surface area (Å²) in [6.07, 6.45) is 0. The number of hydrogen-bond acceptors (Lipinski definition) is 4. The maximum absolute atomic E-state index is 12.6. The van der Waals surface area contributed by atoms with Crippen molar-refractivity contribution in [2.75, 3.05) is 7.11 Å². The number of benzene rings is 3. The monoisotopic (exact) mass is 405 g/mol. The van der Waals surface area contributed by atoms with Gasteiger partial charge in [-0.25, -0.2) is 4.98 Å². The van der Waals surface area contributed by atoms with Gasteiger partial charge in [0, 0.05) is 27.6 Å². The fourth-order valence-corrected chi connectivity index (χ4v) is 3.58. The van der Waals surface area contributed by atoms with Crippen molar-refractivity contribution in [2.45, 2.75) is 0 Å². The number of hydrogen-bond donors (Lipinski definition) is 1. The standard InChI is InChI=1S/C26H19N3O2/c1-31-21-13-11-18(12-14-21)24-22-15-16-23(27-26(22)29-28-24)17-7-9-20(10-8-17)25(30)19-5-3-2-4-6-19/h2-16H,1H3,(H,27,28,29). The number of carbonyl (C=O) groups excluding carboxylic acids is 1. The third kappa shape index (κ3) is 3.57. The van der Waals surface area contributed by atoms with Gasteiger partial charge in [0.05, 0.1) is 12.8 Å². The van der Waals surface area contributed by atoms with E-state index in [2.05, 4.69) is 10.2 Å². The lowest BCUT2D eigenvalue weighted by atomic mass is 10.0. The number of pyridine rings is 1. The first-order chi connectivity index (χ1) is 15.2. The minimum Gasteiger partial charge on any atom is -0.497 e. The molecule has 1 N–H and O–H groups in total. The van der Waals surface area contributed by atoms with Crippen LogP contribution in [0.15, 0.2) is 91.0 Å². The molecule has 2 aromatic heterocycles. The fraction of sp³-hybridized carbons (Fsp3) is 0.0385. The predicted octanol–water partition coefficient (Wildman–Crippen LogP) is 5.53. The summed E-state index contributed by atoms with van der Waals surface area (Å²) < 4.78 is 5.23. The van der Waals surface area contributed by atoms with Gasteiger partial charge < -0.3 is 4.74 Å². The van der Waals surface area contributed by atoms with Gasteiger partial charge in [0.25, 0.3) is 0 Å². The topological polar surface area (TPSA) is 67.9 Å². The van der Waals surface area contributed by atoms with E-state index >= 15 is 0 Å². The van der Waals surface area contributed by atoms with Crippen molar-refractivity contribution in [3.63, 3.8) is 0 Å². The minimum atomic E-state index is 0.00765. The molecule has 150 valence electrons. The van der Waals surface area contributed by atoms with Crippen molar-refractivity contribution < 1.29 is 9.53 Å². The Balaban J connectivity index is 1.43. The molecule has 0 aliphatic carbocycles. The van der Waals surface area contributed by atoms with Crippen LogP contribution in [0.3, 0.4) is 0 Å². The highest BCUT2D eigenvalue weighted by Gasteiger charge is 2.12. The van der Waals surface area contributed by atoms with Crippen molar-refractivity contribution >= 4 is 16.8 Å².